The molecular weight excluding hydrogens is 410 g/mol. The van der Waals surface area contributed by atoms with E-state index in [9.17, 15) is 5.11 Å². The molecule has 2 aromatic rings. The number of piperidine rings is 1. The number of hydrogen-bond donors (Lipinski definition) is 2. The number of phenolic OH excluding ortho intramolecular Hbond substituents is 1. The van der Waals surface area contributed by atoms with Gasteiger partial charge in [-0.2, -0.15) is 0 Å². The summed E-state index contributed by atoms with van der Waals surface area (Å²) in [7, 11) is 0. The molecule has 1 aromatic heterocycles. The molecule has 3 N–H and O–H groups in total. The topological polar surface area (TPSA) is 63.7 Å². The van der Waals surface area contributed by atoms with Gasteiger partial charge in [-0.1, -0.05) is 25.1 Å². The minimum Gasteiger partial charge on any atom is -0.507 e. The molecule has 0 spiro atoms. The molecule has 180 valence electrons. The predicted octanol–water partition coefficient (Wildman–Crippen LogP) is 4.80. The van der Waals surface area contributed by atoms with E-state index >= 15 is 0 Å². The highest BCUT2D eigenvalue weighted by Crippen LogP contribution is 2.41. The fraction of sp³-hybridized carbons (Fsp3) is 0.571. The van der Waals surface area contributed by atoms with Crippen LogP contribution in [0.2, 0.25) is 0 Å². The molecule has 33 heavy (non-hydrogen) atoms. The summed E-state index contributed by atoms with van der Waals surface area (Å²) in [5.41, 5.74) is 13.1. The SMILES string of the molecule is C/C=C/Cn1cc(CN2CCC(C3Cc4c(cc(C)c(C)c4O)C(CN)O3)CC2)cc1CC. The second kappa shape index (κ2) is 10.5. The maximum Gasteiger partial charge on any atom is 0.122 e. The number of aryl methyl sites for hydroxylation is 2. The summed E-state index contributed by atoms with van der Waals surface area (Å²) in [6.07, 6.45) is 10.8. The smallest absolute Gasteiger partial charge is 0.122 e. The number of ether oxygens (including phenoxy) is 1. The number of fused-ring (bicyclic) bond motifs is 1. The Balaban J connectivity index is 1.39. The van der Waals surface area contributed by atoms with Gasteiger partial charge in [0.15, 0.2) is 0 Å². The number of aromatic hydroxyl groups is 1. The van der Waals surface area contributed by atoms with Gasteiger partial charge in [0.2, 0.25) is 0 Å². The van der Waals surface area contributed by atoms with E-state index in [0.29, 0.717) is 18.2 Å². The molecule has 4 rings (SSSR count). The molecule has 2 aliphatic heterocycles. The average molecular weight is 452 g/mol. The van der Waals surface area contributed by atoms with E-state index in [1.54, 1.807) is 0 Å². The van der Waals surface area contributed by atoms with Gasteiger partial charge in [0, 0.05) is 43.5 Å². The van der Waals surface area contributed by atoms with Gasteiger partial charge >= 0.3 is 0 Å². The number of nitrogens with zero attached hydrogens (tertiary/aromatic N) is 2. The Bertz CT molecular complexity index is 986. The number of allylic oxidation sites excluding steroid dienone is 2. The van der Waals surface area contributed by atoms with Crippen LogP contribution in [0.25, 0.3) is 0 Å². The molecular formula is C28H41N3O2. The van der Waals surface area contributed by atoms with Gasteiger partial charge in [0.25, 0.3) is 0 Å². The fourth-order valence-corrected chi connectivity index (χ4v) is 5.61. The maximum absolute atomic E-state index is 10.8. The first-order chi connectivity index (χ1) is 15.9. The molecule has 0 amide bonds. The monoisotopic (exact) mass is 451 g/mol. The number of benzene rings is 1. The highest BCUT2D eigenvalue weighted by Gasteiger charge is 2.35. The van der Waals surface area contributed by atoms with Gasteiger partial charge in [-0.15, -0.1) is 0 Å². The van der Waals surface area contributed by atoms with Crippen molar-refractivity contribution < 1.29 is 9.84 Å². The van der Waals surface area contributed by atoms with Crippen LogP contribution in [0.1, 0.15) is 66.3 Å². The first kappa shape index (κ1) is 24.1. The first-order valence-corrected chi connectivity index (χ1v) is 12.6. The van der Waals surface area contributed by atoms with Crippen LogP contribution in [0.3, 0.4) is 0 Å². The number of phenols is 1. The summed E-state index contributed by atoms with van der Waals surface area (Å²) in [6.45, 7) is 13.0. The standard InChI is InChI=1S/C28H41N3O2/c1-5-7-10-31-18-21(14-23(31)6-2)17-30-11-8-22(9-12-30)26-15-25-24(27(16-29)33-26)13-19(3)20(4)28(25)32/h5,7,13-14,18,22,26-27,32H,6,8-12,15-17,29H2,1-4H3/b7-5+. The van der Waals surface area contributed by atoms with E-state index in [1.165, 1.54) is 11.3 Å². The molecule has 1 saturated heterocycles. The molecule has 2 aliphatic rings. The average Bonchev–Trinajstić information content (AvgIpc) is 3.22. The lowest BCUT2D eigenvalue weighted by atomic mass is 9.82. The second-order valence-corrected chi connectivity index (χ2v) is 9.87. The van der Waals surface area contributed by atoms with Crippen molar-refractivity contribution >= 4 is 0 Å². The van der Waals surface area contributed by atoms with Crippen LogP contribution in [0.5, 0.6) is 5.75 Å². The van der Waals surface area contributed by atoms with Crippen molar-refractivity contribution in [3.05, 3.63) is 64.0 Å². The van der Waals surface area contributed by atoms with Crippen LogP contribution in [0.4, 0.5) is 0 Å². The van der Waals surface area contributed by atoms with Crippen LogP contribution in [-0.2, 0) is 30.7 Å². The Kier molecular flexibility index (Phi) is 7.62. The number of aromatic nitrogens is 1. The van der Waals surface area contributed by atoms with E-state index in [-0.39, 0.29) is 12.2 Å². The Labute approximate surface area is 199 Å². The molecule has 0 radical (unpaired) electrons. The lowest BCUT2D eigenvalue weighted by molar-refractivity contribution is -0.0651. The van der Waals surface area contributed by atoms with E-state index in [1.807, 2.05) is 13.8 Å². The van der Waals surface area contributed by atoms with Crippen LogP contribution in [0.15, 0.2) is 30.5 Å². The fourth-order valence-electron chi connectivity index (χ4n) is 5.61. The Morgan fingerprint density at radius 1 is 1.21 bits per heavy atom. The van der Waals surface area contributed by atoms with Crippen molar-refractivity contribution in [1.82, 2.24) is 9.47 Å². The van der Waals surface area contributed by atoms with E-state index in [0.717, 1.165) is 74.1 Å². The third kappa shape index (κ3) is 5.06. The Morgan fingerprint density at radius 3 is 2.64 bits per heavy atom. The quantitative estimate of drug-likeness (QED) is 0.594. The molecule has 0 saturated carbocycles. The molecule has 0 bridgehead atoms. The number of nitrogens with two attached hydrogens (primary N) is 1. The van der Waals surface area contributed by atoms with Crippen molar-refractivity contribution in [3.8, 4) is 5.75 Å². The largest absolute Gasteiger partial charge is 0.507 e. The van der Waals surface area contributed by atoms with E-state index in [2.05, 4.69) is 53.8 Å². The van der Waals surface area contributed by atoms with Crippen LogP contribution < -0.4 is 5.73 Å². The minimum absolute atomic E-state index is 0.119. The third-order valence-corrected chi connectivity index (χ3v) is 7.77. The Morgan fingerprint density at radius 2 is 1.97 bits per heavy atom. The number of likely N-dealkylation sites (tertiary alicyclic amines) is 1. The lowest BCUT2D eigenvalue weighted by Crippen LogP contribution is -2.42. The van der Waals surface area contributed by atoms with Gasteiger partial charge in [-0.25, -0.2) is 0 Å². The van der Waals surface area contributed by atoms with Crippen LogP contribution in [0, 0.1) is 19.8 Å². The molecule has 1 fully saturated rings. The van der Waals surface area contributed by atoms with Crippen LogP contribution in [-0.4, -0.2) is 40.3 Å². The summed E-state index contributed by atoms with van der Waals surface area (Å²) in [6, 6.07) is 4.53. The summed E-state index contributed by atoms with van der Waals surface area (Å²) < 4.78 is 8.89. The van der Waals surface area contributed by atoms with Gasteiger partial charge in [0.1, 0.15) is 5.75 Å². The first-order valence-electron chi connectivity index (χ1n) is 12.6. The van der Waals surface area contributed by atoms with Crippen molar-refractivity contribution in [3.63, 3.8) is 0 Å². The van der Waals surface area contributed by atoms with E-state index in [4.69, 9.17) is 10.5 Å². The molecule has 2 atom stereocenters. The summed E-state index contributed by atoms with van der Waals surface area (Å²) in [5.74, 6) is 0.957. The lowest BCUT2D eigenvalue weighted by Gasteiger charge is -2.40. The van der Waals surface area contributed by atoms with E-state index < -0.39 is 0 Å². The van der Waals surface area contributed by atoms with Crippen molar-refractivity contribution in [2.24, 2.45) is 11.7 Å². The zero-order chi connectivity index (χ0) is 23.5. The predicted molar refractivity (Wildman–Crippen MR) is 135 cm³/mol. The van der Waals surface area contributed by atoms with Crippen molar-refractivity contribution in [2.45, 2.75) is 78.7 Å². The summed E-state index contributed by atoms with van der Waals surface area (Å²) >= 11 is 0. The normalized spacial score (nSPS) is 22.2. The third-order valence-electron chi connectivity index (χ3n) is 7.77. The Hall–Kier alpha value is -2.08. The van der Waals surface area contributed by atoms with Gasteiger partial charge in [-0.05, 0) is 87.4 Å². The van der Waals surface area contributed by atoms with Crippen LogP contribution >= 0.6 is 0 Å². The van der Waals surface area contributed by atoms with Gasteiger partial charge < -0.3 is 20.1 Å². The van der Waals surface area contributed by atoms with Gasteiger partial charge in [0.05, 0.1) is 12.2 Å². The summed E-state index contributed by atoms with van der Waals surface area (Å²) in [5, 5.41) is 10.8. The minimum atomic E-state index is -0.119. The molecule has 5 heteroatoms. The molecule has 3 heterocycles. The zero-order valence-corrected chi connectivity index (χ0v) is 20.8. The number of hydrogen-bond acceptors (Lipinski definition) is 4. The molecule has 5 nitrogen and oxygen atoms in total. The van der Waals surface area contributed by atoms with Crippen molar-refractivity contribution in [2.75, 3.05) is 19.6 Å². The number of rotatable bonds is 7. The molecule has 0 aliphatic carbocycles. The zero-order valence-electron chi connectivity index (χ0n) is 20.8. The van der Waals surface area contributed by atoms with Gasteiger partial charge in [-0.3, -0.25) is 4.90 Å². The summed E-state index contributed by atoms with van der Waals surface area (Å²) in [4.78, 5) is 2.58. The second-order valence-electron chi connectivity index (χ2n) is 9.87. The maximum atomic E-state index is 10.8. The highest BCUT2D eigenvalue weighted by atomic mass is 16.5. The molecule has 1 aromatic carbocycles. The molecule has 2 unspecified atom stereocenters. The highest BCUT2D eigenvalue weighted by molar-refractivity contribution is 5.51. The van der Waals surface area contributed by atoms with Crippen molar-refractivity contribution in [1.29, 1.82) is 0 Å².